The fourth-order valence-electron chi connectivity index (χ4n) is 3.00. The Morgan fingerprint density at radius 1 is 0.897 bits per heavy atom. The van der Waals surface area contributed by atoms with E-state index >= 15 is 0 Å². The second-order valence-corrected chi connectivity index (χ2v) is 7.68. The summed E-state index contributed by atoms with van der Waals surface area (Å²) in [5.41, 5.74) is 4.52. The van der Waals surface area contributed by atoms with Crippen LogP contribution in [0.1, 0.15) is 11.1 Å². The average molecular weight is 454 g/mol. The Morgan fingerprint density at radius 2 is 1.62 bits per heavy atom. The molecular formula is C24H24BrNO3. The highest BCUT2D eigenvalue weighted by Gasteiger charge is 2.07. The lowest BCUT2D eigenvalue weighted by molar-refractivity contribution is -0.123. The number of nitrogens with one attached hydrogen (secondary N) is 1. The highest BCUT2D eigenvalue weighted by atomic mass is 79.9. The van der Waals surface area contributed by atoms with E-state index in [1.165, 1.54) is 0 Å². The molecule has 4 nitrogen and oxygen atoms in total. The summed E-state index contributed by atoms with van der Waals surface area (Å²) in [5, 5.41) is 2.80. The molecule has 0 heterocycles. The fourth-order valence-corrected chi connectivity index (χ4v) is 3.49. The van der Waals surface area contributed by atoms with Gasteiger partial charge in [0.05, 0.1) is 11.0 Å². The quantitative estimate of drug-likeness (QED) is 0.470. The minimum Gasteiger partial charge on any atom is -0.492 e. The van der Waals surface area contributed by atoms with Crippen molar-refractivity contribution < 1.29 is 14.3 Å². The molecule has 0 aliphatic rings. The van der Waals surface area contributed by atoms with Crippen molar-refractivity contribution in [2.24, 2.45) is 0 Å². The largest absolute Gasteiger partial charge is 0.492 e. The first-order valence-corrected chi connectivity index (χ1v) is 10.3. The molecule has 0 saturated heterocycles. The first kappa shape index (κ1) is 20.9. The van der Waals surface area contributed by atoms with E-state index in [1.54, 1.807) is 0 Å². The molecule has 0 atom stereocenters. The van der Waals surface area contributed by atoms with E-state index in [2.05, 4.69) is 39.4 Å². The molecule has 3 aromatic rings. The summed E-state index contributed by atoms with van der Waals surface area (Å²) in [6.07, 6.45) is 0. The normalized spacial score (nSPS) is 10.4. The summed E-state index contributed by atoms with van der Waals surface area (Å²) in [5.74, 6) is 1.26. The van der Waals surface area contributed by atoms with Crippen molar-refractivity contribution in [1.29, 1.82) is 0 Å². The van der Waals surface area contributed by atoms with Crippen LogP contribution >= 0.6 is 15.9 Å². The van der Waals surface area contributed by atoms with Crippen molar-refractivity contribution in [3.63, 3.8) is 0 Å². The van der Waals surface area contributed by atoms with Crippen molar-refractivity contribution in [2.75, 3.05) is 19.8 Å². The Labute approximate surface area is 180 Å². The number of carbonyl (C=O) groups is 1. The van der Waals surface area contributed by atoms with Crippen molar-refractivity contribution in [3.8, 4) is 22.6 Å². The lowest BCUT2D eigenvalue weighted by Gasteiger charge is -2.11. The zero-order valence-electron chi connectivity index (χ0n) is 16.6. The van der Waals surface area contributed by atoms with Crippen molar-refractivity contribution >= 4 is 21.8 Å². The van der Waals surface area contributed by atoms with Crippen LogP contribution in [-0.2, 0) is 4.79 Å². The van der Waals surface area contributed by atoms with Crippen LogP contribution in [0.3, 0.4) is 0 Å². The summed E-state index contributed by atoms with van der Waals surface area (Å²) in [7, 11) is 0. The summed E-state index contributed by atoms with van der Waals surface area (Å²) in [6.45, 7) is 4.84. The molecule has 0 aliphatic heterocycles. The fraction of sp³-hybridized carbons (Fsp3) is 0.208. The van der Waals surface area contributed by atoms with Gasteiger partial charge in [0.15, 0.2) is 6.61 Å². The Kier molecular flexibility index (Phi) is 7.30. The van der Waals surface area contributed by atoms with Gasteiger partial charge in [-0.3, -0.25) is 4.79 Å². The monoisotopic (exact) mass is 453 g/mol. The van der Waals surface area contributed by atoms with Crippen LogP contribution in [0.5, 0.6) is 11.5 Å². The number of aryl methyl sites for hydroxylation is 2. The molecular weight excluding hydrogens is 430 g/mol. The number of hydrogen-bond acceptors (Lipinski definition) is 3. The predicted molar refractivity (Wildman–Crippen MR) is 119 cm³/mol. The van der Waals surface area contributed by atoms with E-state index in [-0.39, 0.29) is 12.5 Å². The number of carbonyl (C=O) groups excluding carboxylic acids is 1. The molecule has 3 rings (SSSR count). The molecule has 0 bridgehead atoms. The summed E-state index contributed by atoms with van der Waals surface area (Å²) >= 11 is 3.52. The van der Waals surface area contributed by atoms with Crippen LogP contribution in [-0.4, -0.2) is 25.7 Å². The second kappa shape index (κ2) is 10.1. The van der Waals surface area contributed by atoms with Crippen LogP contribution in [0, 0.1) is 13.8 Å². The Hall–Kier alpha value is -2.79. The highest BCUT2D eigenvalue weighted by Crippen LogP contribution is 2.30. The molecule has 1 amide bonds. The Balaban J connectivity index is 1.43. The molecule has 29 heavy (non-hydrogen) atoms. The van der Waals surface area contributed by atoms with Gasteiger partial charge in [0.1, 0.15) is 18.1 Å². The molecule has 0 spiro atoms. The first-order chi connectivity index (χ1) is 14.0. The number of amides is 1. The first-order valence-electron chi connectivity index (χ1n) is 9.47. The topological polar surface area (TPSA) is 47.6 Å². The highest BCUT2D eigenvalue weighted by molar-refractivity contribution is 9.10. The van der Waals surface area contributed by atoms with Gasteiger partial charge < -0.3 is 14.8 Å². The minimum absolute atomic E-state index is 0.0488. The molecule has 0 saturated carbocycles. The minimum atomic E-state index is -0.187. The van der Waals surface area contributed by atoms with Crippen LogP contribution < -0.4 is 14.8 Å². The Bertz CT molecular complexity index is 953. The SMILES string of the molecule is Cc1cc(C)cc(OCCNC(=O)COc2ccc(-c3ccccc3)cc2Br)c1. The van der Waals surface area contributed by atoms with Gasteiger partial charge in [0.25, 0.3) is 5.91 Å². The van der Waals surface area contributed by atoms with Crippen LogP contribution in [0.25, 0.3) is 11.1 Å². The second-order valence-electron chi connectivity index (χ2n) is 6.82. The number of rotatable bonds is 8. The predicted octanol–water partition coefficient (Wildman–Crippen LogP) is 5.31. The van der Waals surface area contributed by atoms with Crippen molar-refractivity contribution in [3.05, 3.63) is 82.3 Å². The molecule has 0 aromatic heterocycles. The molecule has 0 radical (unpaired) electrons. The van der Waals surface area contributed by atoms with Crippen LogP contribution in [0.4, 0.5) is 0 Å². The average Bonchev–Trinajstić information content (AvgIpc) is 2.70. The van der Waals surface area contributed by atoms with Gasteiger partial charge in [-0.15, -0.1) is 0 Å². The molecule has 150 valence electrons. The van der Waals surface area contributed by atoms with Gasteiger partial charge in [0.2, 0.25) is 0 Å². The smallest absolute Gasteiger partial charge is 0.258 e. The number of benzene rings is 3. The molecule has 0 unspecified atom stereocenters. The van der Waals surface area contributed by atoms with Gasteiger partial charge >= 0.3 is 0 Å². The number of hydrogen-bond donors (Lipinski definition) is 1. The van der Waals surface area contributed by atoms with Gasteiger partial charge in [-0.25, -0.2) is 0 Å². The standard InChI is InChI=1S/C24H24BrNO3/c1-17-12-18(2)14-21(13-17)28-11-10-26-24(27)16-29-23-9-8-20(15-22(23)25)19-6-4-3-5-7-19/h3-9,12-15H,10-11,16H2,1-2H3,(H,26,27). The van der Waals surface area contributed by atoms with Crippen LogP contribution in [0.15, 0.2) is 71.2 Å². The third-order valence-electron chi connectivity index (χ3n) is 4.29. The molecule has 0 aliphatic carbocycles. The van der Waals surface area contributed by atoms with E-state index in [9.17, 15) is 4.79 Å². The molecule has 3 aromatic carbocycles. The molecule has 1 N–H and O–H groups in total. The van der Waals surface area contributed by atoms with E-state index < -0.39 is 0 Å². The maximum atomic E-state index is 12.0. The van der Waals surface area contributed by atoms with E-state index in [4.69, 9.17) is 9.47 Å². The zero-order valence-corrected chi connectivity index (χ0v) is 18.2. The van der Waals surface area contributed by atoms with E-state index in [0.29, 0.717) is 18.9 Å². The number of halogens is 1. The van der Waals surface area contributed by atoms with Crippen molar-refractivity contribution in [1.82, 2.24) is 5.32 Å². The third-order valence-corrected chi connectivity index (χ3v) is 4.91. The Morgan fingerprint density at radius 3 is 2.31 bits per heavy atom. The summed E-state index contributed by atoms with van der Waals surface area (Å²) in [4.78, 5) is 12.0. The van der Waals surface area contributed by atoms with Gasteiger partial charge in [-0.05, 0) is 76.3 Å². The van der Waals surface area contributed by atoms with Gasteiger partial charge in [-0.2, -0.15) is 0 Å². The summed E-state index contributed by atoms with van der Waals surface area (Å²) < 4.78 is 12.1. The lowest BCUT2D eigenvalue weighted by atomic mass is 10.1. The lowest BCUT2D eigenvalue weighted by Crippen LogP contribution is -2.32. The summed E-state index contributed by atoms with van der Waals surface area (Å²) in [6, 6.07) is 22.0. The molecule has 0 fully saturated rings. The third kappa shape index (κ3) is 6.36. The zero-order chi connectivity index (χ0) is 20.6. The van der Waals surface area contributed by atoms with E-state index in [1.807, 2.05) is 62.4 Å². The number of ether oxygens (including phenoxy) is 2. The maximum absolute atomic E-state index is 12.0. The van der Waals surface area contributed by atoms with Crippen molar-refractivity contribution in [2.45, 2.75) is 13.8 Å². The van der Waals surface area contributed by atoms with Gasteiger partial charge in [0, 0.05) is 0 Å². The molecule has 5 heteroatoms. The van der Waals surface area contributed by atoms with Gasteiger partial charge in [-0.1, -0.05) is 42.5 Å². The maximum Gasteiger partial charge on any atom is 0.258 e. The van der Waals surface area contributed by atoms with Crippen LogP contribution in [0.2, 0.25) is 0 Å². The van der Waals surface area contributed by atoms with E-state index in [0.717, 1.165) is 32.5 Å².